The SMILES string of the molecule is O=C(NN=Cc1ccncc1)C(=Cc1ccccc1)NC(=O)c1ccccc1Cl. The summed E-state index contributed by atoms with van der Waals surface area (Å²) in [5.74, 6) is -1.06. The number of halogens is 1. The number of hydrogen-bond acceptors (Lipinski definition) is 4. The molecule has 6 nitrogen and oxygen atoms in total. The van der Waals surface area contributed by atoms with Crippen LogP contribution in [0.1, 0.15) is 21.5 Å². The number of benzene rings is 2. The molecule has 0 aliphatic carbocycles. The number of carbonyl (C=O) groups is 2. The molecular weight excluding hydrogens is 388 g/mol. The van der Waals surface area contributed by atoms with Gasteiger partial charge in [-0.05, 0) is 41.5 Å². The van der Waals surface area contributed by atoms with Crippen molar-refractivity contribution < 1.29 is 9.59 Å². The summed E-state index contributed by atoms with van der Waals surface area (Å²) in [6.45, 7) is 0. The second-order valence-electron chi connectivity index (χ2n) is 5.88. The molecule has 0 fully saturated rings. The Bertz CT molecular complexity index is 1050. The number of nitrogens with zero attached hydrogens (tertiary/aromatic N) is 2. The first-order valence-corrected chi connectivity index (χ1v) is 9.07. The number of amides is 2. The monoisotopic (exact) mass is 404 g/mol. The highest BCUT2D eigenvalue weighted by Crippen LogP contribution is 2.15. The molecule has 0 atom stereocenters. The Morgan fingerprint density at radius 2 is 1.59 bits per heavy atom. The van der Waals surface area contributed by atoms with E-state index in [-0.39, 0.29) is 11.3 Å². The van der Waals surface area contributed by atoms with Crippen molar-refractivity contribution in [1.29, 1.82) is 0 Å². The van der Waals surface area contributed by atoms with Crippen molar-refractivity contribution in [3.05, 3.63) is 107 Å². The molecule has 0 aliphatic heterocycles. The lowest BCUT2D eigenvalue weighted by molar-refractivity contribution is -0.117. The van der Waals surface area contributed by atoms with Crippen molar-refractivity contribution in [2.75, 3.05) is 0 Å². The molecule has 2 aromatic carbocycles. The predicted molar refractivity (Wildman–Crippen MR) is 113 cm³/mol. The molecule has 3 aromatic rings. The quantitative estimate of drug-likeness (QED) is 0.373. The summed E-state index contributed by atoms with van der Waals surface area (Å²) in [5.41, 5.74) is 4.24. The Morgan fingerprint density at radius 1 is 0.897 bits per heavy atom. The van der Waals surface area contributed by atoms with E-state index in [4.69, 9.17) is 11.6 Å². The number of hydrogen-bond donors (Lipinski definition) is 2. The van der Waals surface area contributed by atoms with E-state index in [1.807, 2.05) is 30.3 Å². The number of rotatable bonds is 6. The van der Waals surface area contributed by atoms with E-state index >= 15 is 0 Å². The van der Waals surface area contributed by atoms with Gasteiger partial charge in [-0.3, -0.25) is 14.6 Å². The summed E-state index contributed by atoms with van der Waals surface area (Å²) >= 11 is 6.08. The molecule has 1 heterocycles. The third-order valence-corrected chi connectivity index (χ3v) is 4.14. The van der Waals surface area contributed by atoms with E-state index in [1.54, 1.807) is 54.9 Å². The minimum atomic E-state index is -0.570. The summed E-state index contributed by atoms with van der Waals surface area (Å²) in [4.78, 5) is 29.2. The first-order valence-electron chi connectivity index (χ1n) is 8.69. The van der Waals surface area contributed by atoms with E-state index < -0.39 is 11.8 Å². The zero-order valence-corrected chi connectivity index (χ0v) is 16.0. The van der Waals surface area contributed by atoms with Gasteiger partial charge in [0, 0.05) is 12.4 Å². The van der Waals surface area contributed by atoms with Crippen molar-refractivity contribution in [3.63, 3.8) is 0 Å². The first-order chi connectivity index (χ1) is 14.1. The third-order valence-electron chi connectivity index (χ3n) is 3.81. The fraction of sp³-hybridized carbons (Fsp3) is 0. The zero-order valence-electron chi connectivity index (χ0n) is 15.2. The summed E-state index contributed by atoms with van der Waals surface area (Å²) < 4.78 is 0. The molecule has 0 saturated carbocycles. The van der Waals surface area contributed by atoms with E-state index in [9.17, 15) is 9.59 Å². The molecule has 0 unspecified atom stereocenters. The van der Waals surface area contributed by atoms with Gasteiger partial charge in [0.2, 0.25) is 0 Å². The van der Waals surface area contributed by atoms with E-state index in [0.29, 0.717) is 5.02 Å². The molecule has 3 rings (SSSR count). The van der Waals surface area contributed by atoms with E-state index in [1.165, 1.54) is 6.21 Å². The average molecular weight is 405 g/mol. The van der Waals surface area contributed by atoms with Crippen LogP contribution in [0, 0.1) is 0 Å². The van der Waals surface area contributed by atoms with Gasteiger partial charge in [0.25, 0.3) is 11.8 Å². The average Bonchev–Trinajstić information content (AvgIpc) is 2.75. The molecular formula is C22H17ClN4O2. The van der Waals surface area contributed by atoms with Crippen LogP contribution in [0.25, 0.3) is 6.08 Å². The molecule has 0 aliphatic rings. The fourth-order valence-electron chi connectivity index (χ4n) is 2.38. The molecule has 2 N–H and O–H groups in total. The van der Waals surface area contributed by atoms with Gasteiger partial charge in [-0.2, -0.15) is 5.10 Å². The van der Waals surface area contributed by atoms with Gasteiger partial charge in [0.1, 0.15) is 5.70 Å². The Labute approximate surface area is 172 Å². The second-order valence-corrected chi connectivity index (χ2v) is 6.29. The zero-order chi connectivity index (χ0) is 20.5. The van der Waals surface area contributed by atoms with Crippen LogP contribution in [0.15, 0.2) is 89.9 Å². The number of hydrazone groups is 1. The highest BCUT2D eigenvalue weighted by Gasteiger charge is 2.16. The maximum absolute atomic E-state index is 12.6. The minimum Gasteiger partial charge on any atom is -0.317 e. The van der Waals surface area contributed by atoms with Crippen molar-refractivity contribution in [3.8, 4) is 0 Å². The van der Waals surface area contributed by atoms with Crippen LogP contribution in [0.5, 0.6) is 0 Å². The number of aromatic nitrogens is 1. The van der Waals surface area contributed by atoms with Gasteiger partial charge in [0.05, 0.1) is 16.8 Å². The van der Waals surface area contributed by atoms with Crippen molar-refractivity contribution >= 4 is 35.7 Å². The van der Waals surface area contributed by atoms with Gasteiger partial charge in [-0.25, -0.2) is 5.43 Å². The summed E-state index contributed by atoms with van der Waals surface area (Å²) in [6.07, 6.45) is 6.28. The van der Waals surface area contributed by atoms with Crippen LogP contribution >= 0.6 is 11.6 Å². The summed E-state index contributed by atoms with van der Waals surface area (Å²) in [7, 11) is 0. The van der Waals surface area contributed by atoms with Gasteiger partial charge in [0.15, 0.2) is 0 Å². The number of nitrogens with one attached hydrogen (secondary N) is 2. The van der Waals surface area contributed by atoms with Gasteiger partial charge in [-0.1, -0.05) is 54.1 Å². The highest BCUT2D eigenvalue weighted by atomic mass is 35.5. The van der Waals surface area contributed by atoms with Crippen molar-refractivity contribution in [2.45, 2.75) is 0 Å². The molecule has 0 radical (unpaired) electrons. The lowest BCUT2D eigenvalue weighted by atomic mass is 10.1. The van der Waals surface area contributed by atoms with E-state index in [0.717, 1.165) is 11.1 Å². The molecule has 7 heteroatoms. The Balaban J connectivity index is 1.80. The van der Waals surface area contributed by atoms with Gasteiger partial charge in [-0.15, -0.1) is 0 Å². The predicted octanol–water partition coefficient (Wildman–Crippen LogP) is 3.66. The molecule has 0 bridgehead atoms. The van der Waals surface area contributed by atoms with E-state index in [2.05, 4.69) is 20.8 Å². The largest absolute Gasteiger partial charge is 0.317 e. The lowest BCUT2D eigenvalue weighted by Crippen LogP contribution is -2.33. The Morgan fingerprint density at radius 3 is 2.31 bits per heavy atom. The van der Waals surface area contributed by atoms with Crippen molar-refractivity contribution in [2.24, 2.45) is 5.10 Å². The van der Waals surface area contributed by atoms with Gasteiger partial charge < -0.3 is 5.32 Å². The highest BCUT2D eigenvalue weighted by molar-refractivity contribution is 6.34. The standard InChI is InChI=1S/C22H17ClN4O2/c23-19-9-5-4-8-18(19)21(28)26-20(14-16-6-2-1-3-7-16)22(29)27-25-15-17-10-12-24-13-11-17/h1-15H,(H,26,28)(H,27,29). The number of pyridine rings is 1. The maximum atomic E-state index is 12.6. The Hall–Kier alpha value is -3.77. The smallest absolute Gasteiger partial charge is 0.287 e. The van der Waals surface area contributed by atoms with Gasteiger partial charge >= 0.3 is 0 Å². The van der Waals surface area contributed by atoms with Crippen LogP contribution < -0.4 is 10.7 Å². The molecule has 1 aromatic heterocycles. The second kappa shape index (κ2) is 9.96. The van der Waals surface area contributed by atoms with Crippen LogP contribution in [-0.4, -0.2) is 23.0 Å². The Kier molecular flexibility index (Phi) is 6.86. The third kappa shape index (κ3) is 5.85. The molecule has 0 spiro atoms. The fourth-order valence-corrected chi connectivity index (χ4v) is 2.61. The van der Waals surface area contributed by atoms with Crippen molar-refractivity contribution in [1.82, 2.24) is 15.7 Å². The van der Waals surface area contributed by atoms with Crippen LogP contribution in [0.2, 0.25) is 5.02 Å². The maximum Gasteiger partial charge on any atom is 0.287 e. The summed E-state index contributed by atoms with van der Waals surface area (Å²) in [6, 6.07) is 19.2. The van der Waals surface area contributed by atoms with Crippen LogP contribution in [0.4, 0.5) is 0 Å². The molecule has 144 valence electrons. The van der Waals surface area contributed by atoms with Crippen LogP contribution in [0.3, 0.4) is 0 Å². The summed E-state index contributed by atoms with van der Waals surface area (Å²) in [5, 5.41) is 6.84. The topological polar surface area (TPSA) is 83.4 Å². The molecule has 29 heavy (non-hydrogen) atoms. The minimum absolute atomic E-state index is 0.0352. The number of carbonyl (C=O) groups excluding carboxylic acids is 2. The lowest BCUT2D eigenvalue weighted by Gasteiger charge is -2.10. The van der Waals surface area contributed by atoms with Crippen LogP contribution in [-0.2, 0) is 4.79 Å². The molecule has 2 amide bonds. The first kappa shape index (κ1) is 20.0. The normalized spacial score (nSPS) is 11.3. The molecule has 0 saturated heterocycles.